The van der Waals surface area contributed by atoms with Gasteiger partial charge in [-0.25, -0.2) is 4.98 Å². The van der Waals surface area contributed by atoms with Gasteiger partial charge in [0.1, 0.15) is 16.8 Å². The Bertz CT molecular complexity index is 974. The highest BCUT2D eigenvalue weighted by atomic mass is 79.9. The zero-order chi connectivity index (χ0) is 17.8. The Morgan fingerprint density at radius 3 is 2.72 bits per heavy atom. The number of rotatable bonds is 4. The van der Waals surface area contributed by atoms with Crippen LogP contribution in [0.4, 0.5) is 0 Å². The Morgan fingerprint density at radius 1 is 1.28 bits per heavy atom. The number of methoxy groups -OCH3 is 1. The van der Waals surface area contributed by atoms with Crippen LogP contribution in [0, 0.1) is 11.3 Å². The van der Waals surface area contributed by atoms with Crippen molar-refractivity contribution < 1.29 is 4.74 Å². The molecule has 1 aromatic heterocycles. The number of nitriles is 1. The first-order valence-electron chi connectivity index (χ1n) is 7.28. The summed E-state index contributed by atoms with van der Waals surface area (Å²) in [5, 5.41) is 12.7. The lowest BCUT2D eigenvalue weighted by atomic mass is 10.1. The molecule has 0 fully saturated rings. The quantitative estimate of drug-likeness (QED) is 0.455. The first kappa shape index (κ1) is 17.7. The van der Waals surface area contributed by atoms with E-state index in [4.69, 9.17) is 16.3 Å². The van der Waals surface area contributed by atoms with E-state index in [-0.39, 0.29) is 0 Å². The number of benzene rings is 2. The molecule has 25 heavy (non-hydrogen) atoms. The number of ether oxygens (including phenoxy) is 1. The second-order valence-corrected chi connectivity index (χ2v) is 7.31. The predicted molar refractivity (Wildman–Crippen MR) is 107 cm³/mol. The van der Waals surface area contributed by atoms with Gasteiger partial charge in [0.05, 0.1) is 18.4 Å². The van der Waals surface area contributed by atoms with Crippen molar-refractivity contribution in [3.8, 4) is 23.1 Å². The Kier molecular flexibility index (Phi) is 5.54. The molecular formula is C19H12BrClN2OS. The number of aromatic nitrogens is 1. The van der Waals surface area contributed by atoms with E-state index in [2.05, 4.69) is 27.0 Å². The van der Waals surface area contributed by atoms with Gasteiger partial charge in [-0.1, -0.05) is 39.7 Å². The lowest BCUT2D eigenvalue weighted by Gasteiger charge is -2.06. The van der Waals surface area contributed by atoms with E-state index < -0.39 is 0 Å². The summed E-state index contributed by atoms with van der Waals surface area (Å²) in [4.78, 5) is 4.59. The van der Waals surface area contributed by atoms with Gasteiger partial charge in [-0.3, -0.25) is 0 Å². The summed E-state index contributed by atoms with van der Waals surface area (Å²) in [6, 6.07) is 15.4. The molecule has 3 aromatic rings. The summed E-state index contributed by atoms with van der Waals surface area (Å²) >= 11 is 10.9. The molecular weight excluding hydrogens is 420 g/mol. The molecule has 0 bridgehead atoms. The van der Waals surface area contributed by atoms with Gasteiger partial charge in [-0.2, -0.15) is 5.26 Å². The maximum absolute atomic E-state index is 9.51. The first-order valence-corrected chi connectivity index (χ1v) is 9.33. The van der Waals surface area contributed by atoms with Crippen LogP contribution in [0.2, 0.25) is 5.02 Å². The Morgan fingerprint density at radius 2 is 2.04 bits per heavy atom. The van der Waals surface area contributed by atoms with E-state index >= 15 is 0 Å². The van der Waals surface area contributed by atoms with Crippen LogP contribution in [0.15, 0.2) is 52.3 Å². The van der Waals surface area contributed by atoms with Crippen molar-refractivity contribution in [2.75, 3.05) is 7.11 Å². The van der Waals surface area contributed by atoms with Crippen molar-refractivity contribution in [1.82, 2.24) is 4.98 Å². The molecule has 6 heteroatoms. The van der Waals surface area contributed by atoms with Crippen LogP contribution in [0.1, 0.15) is 10.6 Å². The molecule has 0 N–H and O–H groups in total. The van der Waals surface area contributed by atoms with Crippen molar-refractivity contribution in [1.29, 1.82) is 5.26 Å². The summed E-state index contributed by atoms with van der Waals surface area (Å²) < 4.78 is 6.37. The molecule has 2 aromatic carbocycles. The lowest BCUT2D eigenvalue weighted by molar-refractivity contribution is 0.416. The highest BCUT2D eigenvalue weighted by molar-refractivity contribution is 9.10. The molecule has 0 aliphatic carbocycles. The molecule has 0 spiro atoms. The topological polar surface area (TPSA) is 45.9 Å². The van der Waals surface area contributed by atoms with Gasteiger partial charge in [0.2, 0.25) is 0 Å². The van der Waals surface area contributed by atoms with E-state index in [9.17, 15) is 5.26 Å². The van der Waals surface area contributed by atoms with Crippen LogP contribution >= 0.6 is 38.9 Å². The predicted octanol–water partition coefficient (Wildman–Crippen LogP) is 6.30. The minimum absolute atomic E-state index is 0.513. The third-order valence-electron chi connectivity index (χ3n) is 3.47. The molecule has 0 radical (unpaired) electrons. The molecule has 0 aliphatic rings. The molecule has 3 nitrogen and oxygen atoms in total. The standard InChI is InChI=1S/C19H12BrClN2OS/c1-24-18-7-6-15(21)9-16(18)17-11-25-19(23-17)13(10-22)8-12-2-4-14(20)5-3-12/h2-9,11H,1H3/b13-8+. The summed E-state index contributed by atoms with van der Waals surface area (Å²) in [5.74, 6) is 0.691. The van der Waals surface area contributed by atoms with Crippen LogP contribution in [-0.2, 0) is 0 Å². The Hall–Kier alpha value is -2.13. The van der Waals surface area contributed by atoms with Gasteiger partial charge in [-0.05, 0) is 42.0 Å². The van der Waals surface area contributed by atoms with Gasteiger partial charge in [0.25, 0.3) is 0 Å². The van der Waals surface area contributed by atoms with E-state index in [0.29, 0.717) is 21.4 Å². The minimum atomic E-state index is 0.513. The smallest absolute Gasteiger partial charge is 0.134 e. The van der Waals surface area contributed by atoms with Crippen LogP contribution < -0.4 is 4.74 Å². The van der Waals surface area contributed by atoms with E-state index in [1.165, 1.54) is 11.3 Å². The summed E-state index contributed by atoms with van der Waals surface area (Å²) in [7, 11) is 1.61. The van der Waals surface area contributed by atoms with Crippen molar-refractivity contribution in [3.63, 3.8) is 0 Å². The van der Waals surface area contributed by atoms with Gasteiger partial charge in [-0.15, -0.1) is 11.3 Å². The highest BCUT2D eigenvalue weighted by Gasteiger charge is 2.13. The number of hydrogen-bond donors (Lipinski definition) is 0. The maximum atomic E-state index is 9.51. The second kappa shape index (κ2) is 7.83. The van der Waals surface area contributed by atoms with Crippen molar-refractivity contribution in [2.24, 2.45) is 0 Å². The average Bonchev–Trinajstić information content (AvgIpc) is 3.11. The summed E-state index contributed by atoms with van der Waals surface area (Å²) in [6.07, 6.45) is 1.82. The van der Waals surface area contributed by atoms with Crippen LogP contribution in [0.3, 0.4) is 0 Å². The van der Waals surface area contributed by atoms with Crippen LogP contribution in [0.5, 0.6) is 5.75 Å². The number of thiazole rings is 1. The monoisotopic (exact) mass is 430 g/mol. The fraction of sp³-hybridized carbons (Fsp3) is 0.0526. The van der Waals surface area contributed by atoms with Gasteiger partial charge in [0.15, 0.2) is 0 Å². The van der Waals surface area contributed by atoms with Crippen LogP contribution in [0.25, 0.3) is 22.9 Å². The minimum Gasteiger partial charge on any atom is -0.496 e. The zero-order valence-electron chi connectivity index (χ0n) is 13.2. The van der Waals surface area contributed by atoms with E-state index in [0.717, 1.165) is 21.3 Å². The number of hydrogen-bond acceptors (Lipinski definition) is 4. The highest BCUT2D eigenvalue weighted by Crippen LogP contribution is 2.34. The normalized spacial score (nSPS) is 11.2. The Balaban J connectivity index is 1.99. The molecule has 0 unspecified atom stereocenters. The van der Waals surface area contributed by atoms with Gasteiger partial charge in [0, 0.05) is 20.4 Å². The third-order valence-corrected chi connectivity index (χ3v) is 5.11. The van der Waals surface area contributed by atoms with Crippen molar-refractivity contribution >= 4 is 50.5 Å². The molecule has 0 saturated carbocycles. The third kappa shape index (κ3) is 4.10. The summed E-state index contributed by atoms with van der Waals surface area (Å²) in [6.45, 7) is 0. The molecule has 0 atom stereocenters. The molecule has 3 rings (SSSR count). The SMILES string of the molecule is COc1ccc(Cl)cc1-c1csc(/C(C#N)=C/c2ccc(Br)cc2)n1. The van der Waals surface area contributed by atoms with E-state index in [1.807, 2.05) is 41.8 Å². The molecule has 1 heterocycles. The van der Waals surface area contributed by atoms with E-state index in [1.54, 1.807) is 19.2 Å². The zero-order valence-corrected chi connectivity index (χ0v) is 16.3. The van der Waals surface area contributed by atoms with Crippen LogP contribution in [-0.4, -0.2) is 12.1 Å². The van der Waals surface area contributed by atoms with Crippen molar-refractivity contribution in [3.05, 3.63) is 67.9 Å². The first-order chi connectivity index (χ1) is 12.1. The average molecular weight is 432 g/mol. The lowest BCUT2D eigenvalue weighted by Crippen LogP contribution is -1.89. The maximum Gasteiger partial charge on any atom is 0.134 e. The number of halogens is 2. The largest absolute Gasteiger partial charge is 0.496 e. The molecule has 0 saturated heterocycles. The molecule has 0 amide bonds. The van der Waals surface area contributed by atoms with Crippen molar-refractivity contribution in [2.45, 2.75) is 0 Å². The summed E-state index contributed by atoms with van der Waals surface area (Å²) in [5.41, 5.74) is 2.99. The number of nitrogens with zero attached hydrogens (tertiary/aromatic N) is 2. The molecule has 124 valence electrons. The fourth-order valence-corrected chi connectivity index (χ4v) is 3.49. The molecule has 0 aliphatic heterocycles. The fourth-order valence-electron chi connectivity index (χ4n) is 2.27. The second-order valence-electron chi connectivity index (χ2n) is 5.10. The number of allylic oxidation sites excluding steroid dienone is 1. The Labute approximate surface area is 163 Å². The van der Waals surface area contributed by atoms with Gasteiger partial charge >= 0.3 is 0 Å². The van der Waals surface area contributed by atoms with Gasteiger partial charge < -0.3 is 4.74 Å².